The fraction of sp³-hybridized carbons (Fsp3) is 0.944. The molecule has 22 heavy (non-hydrogen) atoms. The quantitative estimate of drug-likeness (QED) is 0.450. The Morgan fingerprint density at radius 2 is 1.86 bits per heavy atom. The van der Waals surface area contributed by atoms with Crippen molar-refractivity contribution in [3.63, 3.8) is 0 Å². The molecule has 2 aliphatic heterocycles. The van der Waals surface area contributed by atoms with Crippen molar-refractivity contribution < 1.29 is 0 Å². The number of hydrogen-bond donors (Lipinski definition) is 2. The van der Waals surface area contributed by atoms with Gasteiger partial charge in [0.1, 0.15) is 0 Å². The molecule has 2 unspecified atom stereocenters. The average molecular weight is 306 g/mol. The Labute approximate surface area is 136 Å². The molecule has 1 saturated carbocycles. The smallest absolute Gasteiger partial charge is 0.191 e. The Morgan fingerprint density at radius 3 is 2.50 bits per heavy atom. The zero-order valence-corrected chi connectivity index (χ0v) is 14.5. The third kappa shape index (κ3) is 4.37. The highest BCUT2D eigenvalue weighted by atomic mass is 15.2. The van der Waals surface area contributed by atoms with Crippen molar-refractivity contribution in [3.8, 4) is 0 Å². The zero-order chi connectivity index (χ0) is 15.4. The summed E-state index contributed by atoms with van der Waals surface area (Å²) in [6, 6.07) is 2.17. The van der Waals surface area contributed by atoms with Gasteiger partial charge in [0, 0.05) is 31.2 Å². The van der Waals surface area contributed by atoms with Gasteiger partial charge in [0.2, 0.25) is 0 Å². The fourth-order valence-corrected chi connectivity index (χ4v) is 4.22. The summed E-state index contributed by atoms with van der Waals surface area (Å²) >= 11 is 0. The van der Waals surface area contributed by atoms with E-state index in [1.807, 2.05) is 0 Å². The molecule has 4 nitrogen and oxygen atoms in total. The summed E-state index contributed by atoms with van der Waals surface area (Å²) in [5, 5.41) is 7.16. The second kappa shape index (κ2) is 7.67. The van der Waals surface area contributed by atoms with Gasteiger partial charge in [0.15, 0.2) is 5.96 Å². The predicted molar refractivity (Wildman–Crippen MR) is 93.3 cm³/mol. The number of piperidine rings is 2. The van der Waals surface area contributed by atoms with Crippen molar-refractivity contribution >= 4 is 5.96 Å². The van der Waals surface area contributed by atoms with Gasteiger partial charge in [-0.1, -0.05) is 19.3 Å². The van der Waals surface area contributed by atoms with Crippen molar-refractivity contribution in [1.29, 1.82) is 0 Å². The highest BCUT2D eigenvalue weighted by Gasteiger charge is 2.36. The lowest BCUT2D eigenvalue weighted by Gasteiger charge is -2.47. The van der Waals surface area contributed by atoms with E-state index in [2.05, 4.69) is 29.5 Å². The molecule has 3 aliphatic rings. The molecule has 0 aromatic heterocycles. The van der Waals surface area contributed by atoms with Crippen LogP contribution in [-0.4, -0.2) is 49.1 Å². The van der Waals surface area contributed by atoms with Crippen LogP contribution in [0.5, 0.6) is 0 Å². The molecular formula is C18H34N4. The van der Waals surface area contributed by atoms with Gasteiger partial charge in [-0.25, -0.2) is 0 Å². The summed E-state index contributed by atoms with van der Waals surface area (Å²) in [6.07, 6.45) is 12.3. The Morgan fingerprint density at radius 1 is 1.14 bits per heavy atom. The highest BCUT2D eigenvalue weighted by molar-refractivity contribution is 5.80. The van der Waals surface area contributed by atoms with E-state index in [1.54, 1.807) is 0 Å². The maximum Gasteiger partial charge on any atom is 0.191 e. The lowest BCUT2D eigenvalue weighted by Crippen LogP contribution is -2.56. The number of nitrogens with one attached hydrogen (secondary N) is 2. The molecule has 3 fully saturated rings. The van der Waals surface area contributed by atoms with Gasteiger partial charge in [-0.2, -0.15) is 0 Å². The molecule has 2 bridgehead atoms. The molecule has 0 aromatic rings. The monoisotopic (exact) mass is 306 g/mol. The molecule has 2 saturated heterocycles. The van der Waals surface area contributed by atoms with Gasteiger partial charge in [-0.3, -0.25) is 4.99 Å². The van der Waals surface area contributed by atoms with Crippen LogP contribution in [0.1, 0.15) is 64.7 Å². The fourth-order valence-electron chi connectivity index (χ4n) is 4.22. The van der Waals surface area contributed by atoms with Crippen LogP contribution in [0.25, 0.3) is 0 Å². The average Bonchev–Trinajstić information content (AvgIpc) is 3.29. The summed E-state index contributed by atoms with van der Waals surface area (Å²) in [6.45, 7) is 4.09. The molecule has 0 amide bonds. The van der Waals surface area contributed by atoms with Crippen LogP contribution in [0.3, 0.4) is 0 Å². The van der Waals surface area contributed by atoms with Crippen LogP contribution >= 0.6 is 0 Å². The first-order valence-electron chi connectivity index (χ1n) is 9.53. The highest BCUT2D eigenvalue weighted by Crippen LogP contribution is 2.33. The molecule has 4 heteroatoms. The largest absolute Gasteiger partial charge is 0.357 e. The van der Waals surface area contributed by atoms with Gasteiger partial charge in [0.05, 0.1) is 0 Å². The maximum atomic E-state index is 4.80. The Bertz CT molecular complexity index is 363. The summed E-state index contributed by atoms with van der Waals surface area (Å²) in [5.41, 5.74) is 0. The van der Waals surface area contributed by atoms with E-state index < -0.39 is 0 Å². The van der Waals surface area contributed by atoms with Crippen LogP contribution in [0.4, 0.5) is 0 Å². The van der Waals surface area contributed by atoms with Crippen molar-refractivity contribution in [3.05, 3.63) is 0 Å². The normalized spacial score (nSPS) is 32.8. The van der Waals surface area contributed by atoms with E-state index in [-0.39, 0.29) is 0 Å². The lowest BCUT2D eigenvalue weighted by molar-refractivity contribution is 0.0526. The van der Waals surface area contributed by atoms with E-state index in [1.165, 1.54) is 57.8 Å². The first-order valence-corrected chi connectivity index (χ1v) is 9.53. The Hall–Kier alpha value is -0.770. The maximum absolute atomic E-state index is 4.80. The minimum atomic E-state index is 0.604. The van der Waals surface area contributed by atoms with Crippen LogP contribution in [0.15, 0.2) is 4.99 Å². The van der Waals surface area contributed by atoms with Crippen molar-refractivity contribution in [1.82, 2.24) is 15.5 Å². The SMILES string of the molecule is CCNC(=NCCCC1CC1)NC1CC2CCCC(C1)N2C. The molecule has 2 N–H and O–H groups in total. The third-order valence-electron chi connectivity index (χ3n) is 5.76. The van der Waals surface area contributed by atoms with Crippen LogP contribution in [-0.2, 0) is 0 Å². The van der Waals surface area contributed by atoms with Gasteiger partial charge >= 0.3 is 0 Å². The molecule has 0 radical (unpaired) electrons. The second-order valence-corrected chi connectivity index (χ2v) is 7.56. The molecule has 3 rings (SSSR count). The van der Waals surface area contributed by atoms with E-state index in [0.29, 0.717) is 6.04 Å². The van der Waals surface area contributed by atoms with Crippen LogP contribution in [0.2, 0.25) is 0 Å². The number of rotatable bonds is 6. The minimum absolute atomic E-state index is 0.604. The molecule has 126 valence electrons. The Balaban J connectivity index is 1.48. The zero-order valence-electron chi connectivity index (χ0n) is 14.5. The summed E-state index contributed by atoms with van der Waals surface area (Å²) in [5.74, 6) is 2.07. The van der Waals surface area contributed by atoms with Crippen LogP contribution in [0, 0.1) is 5.92 Å². The molecule has 2 atom stereocenters. The van der Waals surface area contributed by atoms with E-state index in [4.69, 9.17) is 4.99 Å². The van der Waals surface area contributed by atoms with E-state index >= 15 is 0 Å². The molecule has 0 spiro atoms. The van der Waals surface area contributed by atoms with Gasteiger partial charge in [-0.05, 0) is 58.4 Å². The van der Waals surface area contributed by atoms with Crippen LogP contribution < -0.4 is 10.6 Å². The van der Waals surface area contributed by atoms with Gasteiger partial charge < -0.3 is 15.5 Å². The second-order valence-electron chi connectivity index (χ2n) is 7.56. The number of nitrogens with zero attached hydrogens (tertiary/aromatic N) is 2. The number of guanidine groups is 1. The number of fused-ring (bicyclic) bond motifs is 2. The Kier molecular flexibility index (Phi) is 5.61. The van der Waals surface area contributed by atoms with E-state index in [0.717, 1.165) is 37.1 Å². The van der Waals surface area contributed by atoms with E-state index in [9.17, 15) is 0 Å². The van der Waals surface area contributed by atoms with Crippen molar-refractivity contribution in [2.24, 2.45) is 10.9 Å². The lowest BCUT2D eigenvalue weighted by atomic mass is 9.82. The first kappa shape index (κ1) is 16.1. The third-order valence-corrected chi connectivity index (χ3v) is 5.76. The predicted octanol–water partition coefficient (Wildman–Crippen LogP) is 2.75. The standard InChI is InChI=1S/C18H34N4/c1-3-19-18(20-11-5-6-14-9-10-14)21-15-12-16-7-4-8-17(13-15)22(16)2/h14-17H,3-13H2,1-2H3,(H2,19,20,21). The van der Waals surface area contributed by atoms with Gasteiger partial charge in [0.25, 0.3) is 0 Å². The van der Waals surface area contributed by atoms with Crippen molar-refractivity contribution in [2.75, 3.05) is 20.1 Å². The number of aliphatic imine (C=N–C) groups is 1. The molecule has 1 aliphatic carbocycles. The summed E-state index contributed by atoms with van der Waals surface area (Å²) in [7, 11) is 2.32. The van der Waals surface area contributed by atoms with Gasteiger partial charge in [-0.15, -0.1) is 0 Å². The topological polar surface area (TPSA) is 39.7 Å². The summed E-state index contributed by atoms with van der Waals surface area (Å²) < 4.78 is 0. The molecule has 2 heterocycles. The summed E-state index contributed by atoms with van der Waals surface area (Å²) in [4.78, 5) is 7.43. The molecule has 0 aromatic carbocycles. The molecular weight excluding hydrogens is 272 g/mol. The van der Waals surface area contributed by atoms with Crippen molar-refractivity contribution in [2.45, 2.75) is 82.8 Å². The minimum Gasteiger partial charge on any atom is -0.357 e. The number of hydrogen-bond acceptors (Lipinski definition) is 2. The first-order chi connectivity index (χ1) is 10.8.